The van der Waals surface area contributed by atoms with Crippen LogP contribution in [0.5, 0.6) is 0 Å². The average molecular weight is 480 g/mol. The van der Waals surface area contributed by atoms with E-state index in [-0.39, 0.29) is 24.0 Å². The van der Waals surface area contributed by atoms with Gasteiger partial charge >= 0.3 is 0 Å². The first-order valence-electron chi connectivity index (χ1n) is 9.14. The molecule has 146 valence electrons. The monoisotopic (exact) mass is 480 g/mol. The minimum atomic E-state index is 0. The van der Waals surface area contributed by atoms with Gasteiger partial charge in [-0.25, -0.2) is 4.99 Å². The van der Waals surface area contributed by atoms with Gasteiger partial charge in [0.1, 0.15) is 0 Å². The molecule has 2 aromatic rings. The van der Waals surface area contributed by atoms with Crippen LogP contribution >= 0.6 is 24.0 Å². The van der Waals surface area contributed by atoms with Gasteiger partial charge < -0.3 is 15.8 Å². The van der Waals surface area contributed by atoms with Gasteiger partial charge in [-0.2, -0.15) is 0 Å². The van der Waals surface area contributed by atoms with E-state index in [2.05, 4.69) is 53.3 Å². The highest BCUT2D eigenvalue weighted by atomic mass is 127. The number of morpholine rings is 1. The summed E-state index contributed by atoms with van der Waals surface area (Å²) in [5.41, 5.74) is 10.6. The van der Waals surface area contributed by atoms with E-state index in [0.717, 1.165) is 37.5 Å². The number of hydrogen-bond acceptors (Lipinski definition) is 3. The van der Waals surface area contributed by atoms with Crippen molar-refractivity contribution in [3.05, 3.63) is 65.2 Å². The lowest BCUT2D eigenvalue weighted by Crippen LogP contribution is -2.40. The van der Waals surface area contributed by atoms with Crippen LogP contribution in [0.15, 0.2) is 53.5 Å². The van der Waals surface area contributed by atoms with Gasteiger partial charge in [0.25, 0.3) is 0 Å². The minimum Gasteiger partial charge on any atom is -0.376 e. The van der Waals surface area contributed by atoms with Gasteiger partial charge in [0.05, 0.1) is 19.3 Å². The third kappa shape index (κ3) is 7.12. The zero-order valence-electron chi connectivity index (χ0n) is 16.0. The van der Waals surface area contributed by atoms with Crippen molar-refractivity contribution < 1.29 is 4.74 Å². The fraction of sp³-hybridized carbons (Fsp3) is 0.381. The van der Waals surface area contributed by atoms with E-state index >= 15 is 0 Å². The molecule has 2 aromatic carbocycles. The molecule has 1 unspecified atom stereocenters. The Labute approximate surface area is 179 Å². The van der Waals surface area contributed by atoms with Crippen molar-refractivity contribution >= 4 is 35.6 Å². The molecule has 0 aliphatic carbocycles. The Kier molecular flexibility index (Phi) is 8.53. The number of nitrogens with zero attached hydrogens (tertiary/aromatic N) is 2. The zero-order chi connectivity index (χ0) is 18.4. The molecular weight excluding hydrogens is 451 g/mol. The topological polar surface area (TPSA) is 62.9 Å². The third-order valence-electron chi connectivity index (χ3n) is 4.48. The van der Waals surface area contributed by atoms with Crippen LogP contribution in [0, 0.1) is 6.92 Å². The van der Waals surface area contributed by atoms with Gasteiger partial charge in [0.15, 0.2) is 5.96 Å². The molecule has 0 radical (unpaired) electrons. The highest BCUT2D eigenvalue weighted by molar-refractivity contribution is 14.0. The molecule has 1 saturated heterocycles. The summed E-state index contributed by atoms with van der Waals surface area (Å²) in [5, 5.41) is 3.13. The van der Waals surface area contributed by atoms with Gasteiger partial charge in [0, 0.05) is 25.3 Å². The van der Waals surface area contributed by atoms with Crippen LogP contribution in [0.25, 0.3) is 0 Å². The van der Waals surface area contributed by atoms with E-state index in [1.54, 1.807) is 0 Å². The quantitative estimate of drug-likeness (QED) is 0.389. The van der Waals surface area contributed by atoms with Crippen LogP contribution in [0.3, 0.4) is 0 Å². The molecule has 1 aliphatic rings. The second-order valence-corrected chi connectivity index (χ2v) is 6.93. The number of ether oxygens (including phenoxy) is 1. The van der Waals surface area contributed by atoms with Gasteiger partial charge in [-0.05, 0) is 37.1 Å². The number of benzene rings is 2. The summed E-state index contributed by atoms with van der Waals surface area (Å²) < 4.78 is 5.61. The minimum absolute atomic E-state index is 0. The van der Waals surface area contributed by atoms with Crippen molar-refractivity contribution in [2.45, 2.75) is 33.0 Å². The lowest BCUT2D eigenvalue weighted by Gasteiger charge is -2.31. The van der Waals surface area contributed by atoms with Crippen LogP contribution in [0.1, 0.15) is 23.6 Å². The molecular formula is C21H29IN4O. The van der Waals surface area contributed by atoms with Crippen LogP contribution in [0.4, 0.5) is 5.69 Å². The average Bonchev–Trinajstić information content (AvgIpc) is 2.62. The molecule has 1 aliphatic heterocycles. The summed E-state index contributed by atoms with van der Waals surface area (Å²) in [6.45, 7) is 8.48. The lowest BCUT2D eigenvalue weighted by atomic mass is 10.1. The summed E-state index contributed by atoms with van der Waals surface area (Å²) in [4.78, 5) is 6.90. The lowest BCUT2D eigenvalue weighted by molar-refractivity contribution is -0.0212. The van der Waals surface area contributed by atoms with E-state index in [1.807, 2.05) is 24.3 Å². The number of nitrogens with two attached hydrogens (primary N) is 1. The van der Waals surface area contributed by atoms with Crippen LogP contribution < -0.4 is 11.1 Å². The fourth-order valence-corrected chi connectivity index (χ4v) is 3.12. The molecule has 0 amide bonds. The van der Waals surface area contributed by atoms with Crippen LogP contribution in [0.2, 0.25) is 0 Å². The standard InChI is InChI=1S/C21H28N4O.HI/c1-16-6-8-20(9-7-16)24-21(22)23-13-18-4-3-5-19(12-18)15-25-10-11-26-17(2)14-25;/h3-9,12,17H,10-11,13-15H2,1-2H3,(H3,22,23,24);1H. The Morgan fingerprint density at radius 3 is 2.70 bits per heavy atom. The van der Waals surface area contributed by atoms with Crippen LogP contribution in [-0.4, -0.2) is 36.7 Å². The number of hydrogen-bond donors (Lipinski definition) is 2. The number of rotatable bonds is 5. The summed E-state index contributed by atoms with van der Waals surface area (Å²) in [7, 11) is 0. The van der Waals surface area contributed by atoms with Gasteiger partial charge in [-0.3, -0.25) is 4.90 Å². The second-order valence-electron chi connectivity index (χ2n) is 6.93. The maximum atomic E-state index is 6.01. The SMILES string of the molecule is Cc1ccc(NC(N)=NCc2cccc(CN3CCOC(C)C3)c2)cc1.I. The predicted molar refractivity (Wildman–Crippen MR) is 123 cm³/mol. The number of halogens is 1. The number of aliphatic imine (C=N–C) groups is 1. The largest absolute Gasteiger partial charge is 0.376 e. The van der Waals surface area contributed by atoms with E-state index in [9.17, 15) is 0 Å². The van der Waals surface area contributed by atoms with Crippen molar-refractivity contribution in [2.75, 3.05) is 25.0 Å². The van der Waals surface area contributed by atoms with E-state index < -0.39 is 0 Å². The molecule has 0 saturated carbocycles. The number of aryl methyl sites for hydroxylation is 1. The number of nitrogens with one attached hydrogen (secondary N) is 1. The fourth-order valence-electron chi connectivity index (χ4n) is 3.12. The zero-order valence-corrected chi connectivity index (χ0v) is 18.4. The molecule has 1 heterocycles. The molecule has 1 fully saturated rings. The van der Waals surface area contributed by atoms with Crippen molar-refractivity contribution in [2.24, 2.45) is 10.7 Å². The molecule has 27 heavy (non-hydrogen) atoms. The first-order valence-corrected chi connectivity index (χ1v) is 9.14. The first-order chi connectivity index (χ1) is 12.6. The maximum Gasteiger partial charge on any atom is 0.193 e. The van der Waals surface area contributed by atoms with Crippen molar-refractivity contribution in [3.8, 4) is 0 Å². The van der Waals surface area contributed by atoms with E-state index in [1.165, 1.54) is 11.1 Å². The summed E-state index contributed by atoms with van der Waals surface area (Å²) in [5.74, 6) is 0.432. The second kappa shape index (κ2) is 10.6. The number of guanidine groups is 1. The Morgan fingerprint density at radius 2 is 1.96 bits per heavy atom. The van der Waals surface area contributed by atoms with Gasteiger partial charge in [-0.1, -0.05) is 42.0 Å². The molecule has 0 bridgehead atoms. The van der Waals surface area contributed by atoms with Crippen molar-refractivity contribution in [3.63, 3.8) is 0 Å². The van der Waals surface area contributed by atoms with Crippen molar-refractivity contribution in [1.82, 2.24) is 4.90 Å². The van der Waals surface area contributed by atoms with E-state index in [0.29, 0.717) is 18.6 Å². The number of anilines is 1. The summed E-state index contributed by atoms with van der Waals surface area (Å²) >= 11 is 0. The molecule has 6 heteroatoms. The van der Waals surface area contributed by atoms with Gasteiger partial charge in [0.2, 0.25) is 0 Å². The third-order valence-corrected chi connectivity index (χ3v) is 4.48. The maximum absolute atomic E-state index is 6.01. The first kappa shape index (κ1) is 21.7. The highest BCUT2D eigenvalue weighted by Crippen LogP contribution is 2.13. The molecule has 0 aromatic heterocycles. The normalized spacial score (nSPS) is 18.0. The Hall–Kier alpha value is -1.64. The molecule has 1 atom stereocenters. The van der Waals surface area contributed by atoms with Crippen molar-refractivity contribution in [1.29, 1.82) is 0 Å². The molecule has 0 spiro atoms. The Balaban J connectivity index is 0.00000261. The van der Waals surface area contributed by atoms with Crippen LogP contribution in [-0.2, 0) is 17.8 Å². The highest BCUT2D eigenvalue weighted by Gasteiger charge is 2.16. The molecule has 5 nitrogen and oxygen atoms in total. The Morgan fingerprint density at radius 1 is 1.22 bits per heavy atom. The van der Waals surface area contributed by atoms with E-state index in [4.69, 9.17) is 10.5 Å². The summed E-state index contributed by atoms with van der Waals surface area (Å²) in [6.07, 6.45) is 0.309. The summed E-state index contributed by atoms with van der Waals surface area (Å²) in [6, 6.07) is 16.7. The molecule has 3 N–H and O–H groups in total. The Bertz CT molecular complexity index is 748. The smallest absolute Gasteiger partial charge is 0.193 e. The molecule has 3 rings (SSSR count). The predicted octanol–water partition coefficient (Wildman–Crippen LogP) is 3.76. The van der Waals surface area contributed by atoms with Gasteiger partial charge in [-0.15, -0.1) is 24.0 Å².